The van der Waals surface area contributed by atoms with Crippen LogP contribution in [0.15, 0.2) is 72.8 Å². The van der Waals surface area contributed by atoms with E-state index in [0.29, 0.717) is 24.9 Å². The number of amides is 4. The molecule has 0 spiro atoms. The van der Waals surface area contributed by atoms with Crippen LogP contribution >= 0.6 is 0 Å². The summed E-state index contributed by atoms with van der Waals surface area (Å²) < 4.78 is 0. The third kappa shape index (κ3) is 6.19. The van der Waals surface area contributed by atoms with Gasteiger partial charge in [0, 0.05) is 18.5 Å². The highest BCUT2D eigenvalue weighted by Crippen LogP contribution is 2.19. The van der Waals surface area contributed by atoms with Gasteiger partial charge in [0.15, 0.2) is 0 Å². The molecule has 0 aliphatic carbocycles. The number of primary amides is 1. The molecule has 0 radical (unpaired) electrons. The Kier molecular flexibility index (Phi) is 7.92. The molecule has 9 nitrogen and oxygen atoms in total. The van der Waals surface area contributed by atoms with E-state index in [0.717, 1.165) is 16.3 Å². The van der Waals surface area contributed by atoms with Crippen LogP contribution in [0.1, 0.15) is 28.8 Å². The van der Waals surface area contributed by atoms with E-state index >= 15 is 0 Å². The molecular weight excluding hydrogens is 472 g/mol. The number of hydrogen-bond donors (Lipinski definition) is 3. The molecule has 0 bridgehead atoms. The largest absolute Gasteiger partial charge is 0.363 e. The summed E-state index contributed by atoms with van der Waals surface area (Å²) >= 11 is 0. The highest BCUT2D eigenvalue weighted by atomic mass is 16.2. The number of Topliss-reactive ketones (excluding diaryl/α,β-unsaturated/α-hetero) is 1. The van der Waals surface area contributed by atoms with Crippen molar-refractivity contribution in [2.75, 3.05) is 13.1 Å². The Labute approximate surface area is 214 Å². The number of nitrogens with zero attached hydrogens (tertiary/aromatic N) is 1. The van der Waals surface area contributed by atoms with Crippen LogP contribution in [-0.2, 0) is 25.6 Å². The molecule has 9 heteroatoms. The smallest absolute Gasteiger partial charge is 0.287 e. The monoisotopic (exact) mass is 500 g/mol. The highest BCUT2D eigenvalue weighted by molar-refractivity contribution is 6.38. The third-order valence-electron chi connectivity index (χ3n) is 6.45. The van der Waals surface area contributed by atoms with Crippen molar-refractivity contribution in [3.63, 3.8) is 0 Å². The standard InChI is InChI=1S/C28H28N4O5/c29-26(35)25(34)22(15-18-7-2-1-3-8-18)31-28(37)23-11-6-14-32(23)24(33)17-30-27(36)21-13-12-19-9-4-5-10-20(19)16-21/h1-5,7-10,12-13,16,22-23H,6,11,14-15,17H2,(H2,29,35)(H,30,36)(H,31,37). The Balaban J connectivity index is 1.38. The number of hydrogen-bond acceptors (Lipinski definition) is 5. The molecule has 1 heterocycles. The molecule has 4 rings (SSSR count). The summed E-state index contributed by atoms with van der Waals surface area (Å²) in [6.45, 7) is 0.0684. The van der Waals surface area contributed by atoms with Gasteiger partial charge < -0.3 is 21.3 Å². The first kappa shape index (κ1) is 25.6. The van der Waals surface area contributed by atoms with Crippen molar-refractivity contribution in [2.24, 2.45) is 5.73 Å². The summed E-state index contributed by atoms with van der Waals surface area (Å²) in [5.74, 6) is -3.39. The first-order valence-electron chi connectivity index (χ1n) is 12.1. The molecule has 1 saturated heterocycles. The van der Waals surface area contributed by atoms with E-state index in [9.17, 15) is 24.0 Å². The fraction of sp³-hybridized carbons (Fsp3) is 0.250. The molecule has 0 aromatic heterocycles. The van der Waals surface area contributed by atoms with Gasteiger partial charge in [-0.25, -0.2) is 0 Å². The highest BCUT2D eigenvalue weighted by Gasteiger charge is 2.36. The molecule has 2 atom stereocenters. The number of likely N-dealkylation sites (tertiary alicyclic amines) is 1. The summed E-state index contributed by atoms with van der Waals surface area (Å²) in [6.07, 6.45) is 1.09. The quantitative estimate of drug-likeness (QED) is 0.381. The maximum atomic E-state index is 13.1. The van der Waals surface area contributed by atoms with E-state index in [-0.39, 0.29) is 13.0 Å². The zero-order valence-electron chi connectivity index (χ0n) is 20.2. The van der Waals surface area contributed by atoms with Crippen LogP contribution in [0, 0.1) is 0 Å². The van der Waals surface area contributed by atoms with Crippen LogP contribution < -0.4 is 16.4 Å². The minimum absolute atomic E-state index is 0.0941. The van der Waals surface area contributed by atoms with E-state index in [1.807, 2.05) is 36.4 Å². The van der Waals surface area contributed by atoms with Crippen molar-refractivity contribution >= 4 is 40.2 Å². The van der Waals surface area contributed by atoms with Crippen molar-refractivity contribution in [3.8, 4) is 0 Å². The number of nitrogens with two attached hydrogens (primary N) is 1. The zero-order chi connectivity index (χ0) is 26.4. The van der Waals surface area contributed by atoms with Crippen LogP contribution in [0.3, 0.4) is 0 Å². The van der Waals surface area contributed by atoms with Gasteiger partial charge in [0.05, 0.1) is 6.54 Å². The summed E-state index contributed by atoms with van der Waals surface area (Å²) in [6, 6.07) is 19.9. The predicted molar refractivity (Wildman–Crippen MR) is 137 cm³/mol. The lowest BCUT2D eigenvalue weighted by molar-refractivity contribution is -0.141. The van der Waals surface area contributed by atoms with Gasteiger partial charge >= 0.3 is 0 Å². The summed E-state index contributed by atoms with van der Waals surface area (Å²) in [4.78, 5) is 64.0. The Morgan fingerprint density at radius 3 is 2.35 bits per heavy atom. The lowest BCUT2D eigenvalue weighted by atomic mass is 10.0. The average molecular weight is 501 g/mol. The molecular formula is C28H28N4O5. The van der Waals surface area contributed by atoms with Crippen LogP contribution in [-0.4, -0.2) is 59.5 Å². The number of benzene rings is 3. The number of rotatable bonds is 9. The van der Waals surface area contributed by atoms with Crippen LogP contribution in [0.25, 0.3) is 10.8 Å². The van der Waals surface area contributed by atoms with Gasteiger partial charge in [-0.3, -0.25) is 24.0 Å². The SMILES string of the molecule is NC(=O)C(=O)C(Cc1ccccc1)NC(=O)C1CCCN1C(=O)CNC(=O)c1ccc2ccccc2c1. The number of carbonyl (C=O) groups excluding carboxylic acids is 5. The molecule has 3 aromatic carbocycles. The van der Waals surface area contributed by atoms with Crippen molar-refractivity contribution in [1.29, 1.82) is 0 Å². The molecule has 1 aliphatic rings. The second-order valence-electron chi connectivity index (χ2n) is 8.97. The van der Waals surface area contributed by atoms with E-state index < -0.39 is 41.5 Å². The lowest BCUT2D eigenvalue weighted by Gasteiger charge is -2.26. The van der Waals surface area contributed by atoms with Gasteiger partial charge in [0.1, 0.15) is 12.1 Å². The maximum absolute atomic E-state index is 13.1. The van der Waals surface area contributed by atoms with Crippen molar-refractivity contribution in [1.82, 2.24) is 15.5 Å². The van der Waals surface area contributed by atoms with Gasteiger partial charge in [0.25, 0.3) is 11.8 Å². The first-order chi connectivity index (χ1) is 17.8. The predicted octanol–water partition coefficient (Wildman–Crippen LogP) is 1.34. The van der Waals surface area contributed by atoms with E-state index in [2.05, 4.69) is 10.6 Å². The molecule has 0 saturated carbocycles. The minimum Gasteiger partial charge on any atom is -0.363 e. The van der Waals surface area contributed by atoms with E-state index in [1.165, 1.54) is 4.90 Å². The van der Waals surface area contributed by atoms with Crippen LogP contribution in [0.5, 0.6) is 0 Å². The molecule has 1 fully saturated rings. The third-order valence-corrected chi connectivity index (χ3v) is 6.45. The molecule has 37 heavy (non-hydrogen) atoms. The van der Waals surface area contributed by atoms with Crippen LogP contribution in [0.2, 0.25) is 0 Å². The van der Waals surface area contributed by atoms with Gasteiger partial charge in [-0.1, -0.05) is 60.7 Å². The molecule has 4 amide bonds. The number of ketones is 1. The number of nitrogens with one attached hydrogen (secondary N) is 2. The van der Waals surface area contributed by atoms with Gasteiger partial charge in [-0.15, -0.1) is 0 Å². The molecule has 3 aromatic rings. The van der Waals surface area contributed by atoms with E-state index in [4.69, 9.17) is 5.73 Å². The Hall–Kier alpha value is -4.53. The lowest BCUT2D eigenvalue weighted by Crippen LogP contribution is -2.54. The molecule has 4 N–H and O–H groups in total. The van der Waals surface area contributed by atoms with Crippen molar-refractivity contribution in [2.45, 2.75) is 31.3 Å². The molecule has 2 unspecified atom stereocenters. The second kappa shape index (κ2) is 11.5. The summed E-state index contributed by atoms with van der Waals surface area (Å²) in [5, 5.41) is 7.15. The molecule has 1 aliphatic heterocycles. The Morgan fingerprint density at radius 1 is 0.919 bits per heavy atom. The van der Waals surface area contributed by atoms with E-state index in [1.54, 1.807) is 36.4 Å². The Bertz CT molecular complexity index is 1340. The van der Waals surface area contributed by atoms with Gasteiger partial charge in [-0.2, -0.15) is 0 Å². The number of fused-ring (bicyclic) bond motifs is 1. The average Bonchev–Trinajstić information content (AvgIpc) is 3.41. The maximum Gasteiger partial charge on any atom is 0.287 e. The fourth-order valence-corrected chi connectivity index (χ4v) is 4.53. The number of carbonyl (C=O) groups is 5. The topological polar surface area (TPSA) is 139 Å². The zero-order valence-corrected chi connectivity index (χ0v) is 20.2. The summed E-state index contributed by atoms with van der Waals surface area (Å²) in [5.41, 5.74) is 6.37. The second-order valence-corrected chi connectivity index (χ2v) is 8.97. The van der Waals surface area contributed by atoms with Crippen LogP contribution in [0.4, 0.5) is 0 Å². The van der Waals surface area contributed by atoms with Crippen molar-refractivity contribution < 1.29 is 24.0 Å². The fourth-order valence-electron chi connectivity index (χ4n) is 4.53. The van der Waals surface area contributed by atoms with Crippen molar-refractivity contribution in [3.05, 3.63) is 83.9 Å². The van der Waals surface area contributed by atoms with Gasteiger partial charge in [0.2, 0.25) is 17.6 Å². The Morgan fingerprint density at radius 2 is 1.62 bits per heavy atom. The normalized spacial score (nSPS) is 15.7. The summed E-state index contributed by atoms with van der Waals surface area (Å²) in [7, 11) is 0. The minimum atomic E-state index is -1.14. The first-order valence-corrected chi connectivity index (χ1v) is 12.1. The molecule has 190 valence electrons. The van der Waals surface area contributed by atoms with Gasteiger partial charge in [-0.05, 0) is 41.3 Å².